The first-order valence-corrected chi connectivity index (χ1v) is 7.49. The second-order valence-electron chi connectivity index (χ2n) is 5.60. The Morgan fingerprint density at radius 3 is 3.00 bits per heavy atom. The molecule has 1 aromatic heterocycles. The molecule has 4 nitrogen and oxygen atoms in total. The number of aromatic nitrogens is 1. The molecule has 0 aliphatic carbocycles. The van der Waals surface area contributed by atoms with Crippen molar-refractivity contribution < 1.29 is 9.21 Å². The third kappa shape index (κ3) is 2.08. The van der Waals surface area contributed by atoms with Crippen molar-refractivity contribution in [1.29, 1.82) is 0 Å². The average Bonchev–Trinajstić information content (AvgIpc) is 2.92. The lowest BCUT2D eigenvalue weighted by molar-refractivity contribution is 0.0985. The molecule has 1 aliphatic rings. The highest BCUT2D eigenvalue weighted by atomic mass is 16.3. The van der Waals surface area contributed by atoms with Gasteiger partial charge in [-0.2, -0.15) is 0 Å². The number of rotatable bonds is 1. The van der Waals surface area contributed by atoms with E-state index < -0.39 is 0 Å². The van der Waals surface area contributed by atoms with Crippen LogP contribution < -0.4 is 4.90 Å². The Labute approximate surface area is 128 Å². The minimum atomic E-state index is 0.0229. The van der Waals surface area contributed by atoms with Gasteiger partial charge in [0.1, 0.15) is 5.52 Å². The predicted octanol–water partition coefficient (Wildman–Crippen LogP) is 3.73. The van der Waals surface area contributed by atoms with Gasteiger partial charge in [0.05, 0.1) is 0 Å². The Hall–Kier alpha value is -2.62. The van der Waals surface area contributed by atoms with Gasteiger partial charge < -0.3 is 9.32 Å². The van der Waals surface area contributed by atoms with E-state index in [4.69, 9.17) is 4.42 Å². The van der Waals surface area contributed by atoms with E-state index in [1.54, 1.807) is 0 Å². The monoisotopic (exact) mass is 292 g/mol. The normalized spacial score (nSPS) is 14.1. The highest BCUT2D eigenvalue weighted by Gasteiger charge is 2.23. The first-order chi connectivity index (χ1) is 10.7. The molecular weight excluding hydrogens is 276 g/mol. The molecule has 0 fully saturated rings. The first kappa shape index (κ1) is 13.1. The number of para-hydroxylation sites is 1. The molecule has 0 unspecified atom stereocenters. The number of fused-ring (bicyclic) bond motifs is 2. The fraction of sp³-hybridized carbons (Fsp3) is 0.222. The van der Waals surface area contributed by atoms with Crippen molar-refractivity contribution in [2.24, 2.45) is 0 Å². The topological polar surface area (TPSA) is 46.3 Å². The van der Waals surface area contributed by atoms with Gasteiger partial charge >= 0.3 is 0 Å². The summed E-state index contributed by atoms with van der Waals surface area (Å²) in [7, 11) is 0. The molecule has 2 aromatic carbocycles. The fourth-order valence-corrected chi connectivity index (χ4v) is 3.08. The van der Waals surface area contributed by atoms with E-state index in [-0.39, 0.29) is 5.91 Å². The van der Waals surface area contributed by atoms with Crippen LogP contribution in [0.5, 0.6) is 0 Å². The molecule has 0 bridgehead atoms. The first-order valence-electron chi connectivity index (χ1n) is 7.49. The van der Waals surface area contributed by atoms with Crippen molar-refractivity contribution in [2.45, 2.75) is 19.8 Å². The predicted molar refractivity (Wildman–Crippen MR) is 85.2 cm³/mol. The van der Waals surface area contributed by atoms with E-state index in [0.29, 0.717) is 17.0 Å². The Bertz CT molecular complexity index is 866. The molecule has 0 N–H and O–H groups in total. The summed E-state index contributed by atoms with van der Waals surface area (Å²) in [5.74, 6) is 0.637. The zero-order valence-electron chi connectivity index (χ0n) is 12.4. The van der Waals surface area contributed by atoms with E-state index in [1.807, 2.05) is 48.2 Å². The molecule has 0 radical (unpaired) electrons. The Balaban J connectivity index is 1.74. The number of amides is 1. The van der Waals surface area contributed by atoms with Gasteiger partial charge in [-0.05, 0) is 42.7 Å². The maximum atomic E-state index is 12.9. The van der Waals surface area contributed by atoms with E-state index in [2.05, 4.69) is 11.1 Å². The second kappa shape index (κ2) is 4.98. The van der Waals surface area contributed by atoms with Crippen LogP contribution in [0.2, 0.25) is 0 Å². The SMILES string of the molecule is Cc1nc2cc(C(=O)N3CCCc4ccccc43)ccc2o1. The highest BCUT2D eigenvalue weighted by molar-refractivity contribution is 6.08. The van der Waals surface area contributed by atoms with E-state index in [9.17, 15) is 4.79 Å². The number of aryl methyl sites for hydroxylation is 2. The van der Waals surface area contributed by atoms with Gasteiger partial charge in [0.15, 0.2) is 11.5 Å². The fourth-order valence-electron chi connectivity index (χ4n) is 3.08. The molecule has 0 saturated carbocycles. The summed E-state index contributed by atoms with van der Waals surface area (Å²) in [6.07, 6.45) is 2.02. The highest BCUT2D eigenvalue weighted by Crippen LogP contribution is 2.28. The number of anilines is 1. The largest absolute Gasteiger partial charge is 0.441 e. The van der Waals surface area contributed by atoms with Crippen LogP contribution in [0, 0.1) is 6.92 Å². The summed E-state index contributed by atoms with van der Waals surface area (Å²) < 4.78 is 5.47. The third-order valence-electron chi connectivity index (χ3n) is 4.10. The van der Waals surface area contributed by atoms with Crippen LogP contribution in [-0.4, -0.2) is 17.4 Å². The summed E-state index contributed by atoms with van der Waals surface area (Å²) in [5, 5.41) is 0. The quantitative estimate of drug-likeness (QED) is 0.686. The van der Waals surface area contributed by atoms with Crippen LogP contribution in [-0.2, 0) is 6.42 Å². The van der Waals surface area contributed by atoms with Crippen LogP contribution in [0.15, 0.2) is 46.9 Å². The van der Waals surface area contributed by atoms with Crippen LogP contribution in [0.3, 0.4) is 0 Å². The Kier molecular flexibility index (Phi) is 2.96. The van der Waals surface area contributed by atoms with Gasteiger partial charge in [0, 0.05) is 24.7 Å². The van der Waals surface area contributed by atoms with Crippen LogP contribution in [0.1, 0.15) is 28.2 Å². The lowest BCUT2D eigenvalue weighted by Crippen LogP contribution is -2.35. The number of hydrogen-bond acceptors (Lipinski definition) is 3. The number of oxazole rings is 1. The number of carbonyl (C=O) groups excluding carboxylic acids is 1. The molecule has 1 aliphatic heterocycles. The summed E-state index contributed by atoms with van der Waals surface area (Å²) >= 11 is 0. The third-order valence-corrected chi connectivity index (χ3v) is 4.10. The number of carbonyl (C=O) groups is 1. The van der Waals surface area contributed by atoms with E-state index in [1.165, 1.54) is 5.56 Å². The van der Waals surface area contributed by atoms with Gasteiger partial charge in [-0.3, -0.25) is 4.79 Å². The van der Waals surface area contributed by atoms with Crippen molar-refractivity contribution in [1.82, 2.24) is 4.98 Å². The molecule has 0 saturated heterocycles. The number of benzene rings is 2. The van der Waals surface area contributed by atoms with Crippen molar-refractivity contribution in [2.75, 3.05) is 11.4 Å². The smallest absolute Gasteiger partial charge is 0.258 e. The summed E-state index contributed by atoms with van der Waals surface area (Å²) in [5.41, 5.74) is 4.36. The molecule has 1 amide bonds. The molecule has 4 rings (SSSR count). The van der Waals surface area contributed by atoms with Gasteiger partial charge in [-0.1, -0.05) is 18.2 Å². The van der Waals surface area contributed by atoms with E-state index >= 15 is 0 Å². The van der Waals surface area contributed by atoms with Crippen molar-refractivity contribution in [3.05, 3.63) is 59.5 Å². The molecule has 0 atom stereocenters. The van der Waals surface area contributed by atoms with Gasteiger partial charge in [-0.25, -0.2) is 4.98 Å². The molecule has 2 heterocycles. The summed E-state index contributed by atoms with van der Waals surface area (Å²) in [6, 6.07) is 13.6. The average molecular weight is 292 g/mol. The molecule has 110 valence electrons. The van der Waals surface area contributed by atoms with Crippen LogP contribution in [0.25, 0.3) is 11.1 Å². The lowest BCUT2D eigenvalue weighted by atomic mass is 10.0. The van der Waals surface area contributed by atoms with Crippen molar-refractivity contribution >= 4 is 22.7 Å². The Morgan fingerprint density at radius 1 is 1.23 bits per heavy atom. The molecule has 4 heteroatoms. The zero-order chi connectivity index (χ0) is 15.1. The summed E-state index contributed by atoms with van der Waals surface area (Å²) in [6.45, 7) is 2.56. The van der Waals surface area contributed by atoms with Crippen molar-refractivity contribution in [3.63, 3.8) is 0 Å². The minimum Gasteiger partial charge on any atom is -0.441 e. The number of hydrogen-bond donors (Lipinski definition) is 0. The van der Waals surface area contributed by atoms with Gasteiger partial charge in [0.25, 0.3) is 5.91 Å². The maximum absolute atomic E-state index is 12.9. The summed E-state index contributed by atoms with van der Waals surface area (Å²) in [4.78, 5) is 19.1. The molecule has 3 aromatic rings. The van der Waals surface area contributed by atoms with Crippen LogP contribution in [0.4, 0.5) is 5.69 Å². The van der Waals surface area contributed by atoms with Crippen LogP contribution >= 0.6 is 0 Å². The zero-order valence-corrected chi connectivity index (χ0v) is 12.4. The number of nitrogens with zero attached hydrogens (tertiary/aromatic N) is 2. The molecule has 0 spiro atoms. The minimum absolute atomic E-state index is 0.0229. The maximum Gasteiger partial charge on any atom is 0.258 e. The molecule has 22 heavy (non-hydrogen) atoms. The standard InChI is InChI=1S/C18H16N2O2/c1-12-19-15-11-14(8-9-17(15)22-12)18(21)20-10-4-6-13-5-2-3-7-16(13)20/h2-3,5,7-9,11H,4,6,10H2,1H3. The second-order valence-corrected chi connectivity index (χ2v) is 5.60. The van der Waals surface area contributed by atoms with Gasteiger partial charge in [0.2, 0.25) is 0 Å². The van der Waals surface area contributed by atoms with E-state index in [0.717, 1.165) is 30.6 Å². The van der Waals surface area contributed by atoms with Crippen molar-refractivity contribution in [3.8, 4) is 0 Å². The van der Waals surface area contributed by atoms with Gasteiger partial charge in [-0.15, -0.1) is 0 Å². The lowest BCUT2D eigenvalue weighted by Gasteiger charge is -2.29. The molecular formula is C18H16N2O2. The Morgan fingerprint density at radius 2 is 2.09 bits per heavy atom.